The van der Waals surface area contributed by atoms with Gasteiger partial charge in [0.25, 0.3) is 10.1 Å². The van der Waals surface area contributed by atoms with Crippen LogP contribution in [0.3, 0.4) is 0 Å². The van der Waals surface area contributed by atoms with E-state index in [-0.39, 0.29) is 4.90 Å². The summed E-state index contributed by atoms with van der Waals surface area (Å²) in [5, 5.41) is 1.65. The van der Waals surface area contributed by atoms with E-state index in [4.69, 9.17) is 0 Å². The normalized spacial score (nSPS) is 12.0. The molecule has 3 nitrogen and oxygen atoms in total. The maximum atomic E-state index is 12.0. The number of aryl methyl sites for hydroxylation is 2. The van der Waals surface area contributed by atoms with Gasteiger partial charge in [0.2, 0.25) is 0 Å². The topological polar surface area (TPSA) is 54.4 Å². The van der Waals surface area contributed by atoms with E-state index < -0.39 is 10.1 Å². The molecule has 0 aromatic heterocycles. The molecular formula is C30H48O3S. The first-order valence-electron chi connectivity index (χ1n) is 14.0. The number of rotatable bonds is 19. The molecule has 2 aromatic carbocycles. The van der Waals surface area contributed by atoms with Crippen molar-refractivity contribution in [3.05, 3.63) is 41.5 Å². The SMILES string of the molecule is CCCCCCCCCCc1cc(CCCCCCCCCC)c2cccc(S(=O)(=O)O)c2c1. The van der Waals surface area contributed by atoms with Crippen molar-refractivity contribution >= 4 is 20.9 Å². The average Bonchev–Trinajstić information content (AvgIpc) is 2.81. The van der Waals surface area contributed by atoms with Crippen LogP contribution < -0.4 is 0 Å². The van der Waals surface area contributed by atoms with E-state index in [1.165, 1.54) is 107 Å². The molecule has 0 aliphatic carbocycles. The van der Waals surface area contributed by atoms with Crippen LogP contribution in [0.2, 0.25) is 0 Å². The second-order valence-electron chi connectivity index (χ2n) is 10.0. The van der Waals surface area contributed by atoms with Crippen LogP contribution in [0.4, 0.5) is 0 Å². The van der Waals surface area contributed by atoms with Crippen molar-refractivity contribution in [1.82, 2.24) is 0 Å². The summed E-state index contributed by atoms with van der Waals surface area (Å²) in [5.41, 5.74) is 2.42. The predicted octanol–water partition coefficient (Wildman–Crippen LogP) is 9.45. The molecule has 0 bridgehead atoms. The van der Waals surface area contributed by atoms with Gasteiger partial charge in [-0.3, -0.25) is 4.55 Å². The molecule has 0 heterocycles. The fraction of sp³-hybridized carbons (Fsp3) is 0.667. The second-order valence-corrected chi connectivity index (χ2v) is 11.4. The standard InChI is InChI=1S/C30H48O3S/c1-3-5-7-9-11-13-15-17-20-26-24-27(21-18-16-14-12-10-8-6-4-2)28-22-19-23-30(29(28)25-26)34(31,32)33/h19,22-25H,3-18,20-21H2,1-2H3,(H,31,32,33). The van der Waals surface area contributed by atoms with Gasteiger partial charge in [-0.05, 0) is 54.3 Å². The molecule has 34 heavy (non-hydrogen) atoms. The zero-order chi connectivity index (χ0) is 24.7. The Hall–Kier alpha value is -1.39. The number of hydrogen-bond donors (Lipinski definition) is 1. The number of hydrogen-bond acceptors (Lipinski definition) is 2. The molecule has 0 radical (unpaired) electrons. The van der Waals surface area contributed by atoms with E-state index in [1.54, 1.807) is 6.07 Å². The second kappa shape index (κ2) is 16.3. The minimum atomic E-state index is -4.24. The lowest BCUT2D eigenvalue weighted by Crippen LogP contribution is -2.01. The largest absolute Gasteiger partial charge is 0.295 e. The summed E-state index contributed by atoms with van der Waals surface area (Å²) >= 11 is 0. The first-order valence-corrected chi connectivity index (χ1v) is 15.4. The van der Waals surface area contributed by atoms with Crippen molar-refractivity contribution in [3.63, 3.8) is 0 Å². The Morgan fingerprint density at radius 1 is 0.618 bits per heavy atom. The first-order chi connectivity index (χ1) is 16.5. The van der Waals surface area contributed by atoms with Crippen LogP contribution in [0.1, 0.15) is 128 Å². The minimum absolute atomic E-state index is 0.0416. The highest BCUT2D eigenvalue weighted by Gasteiger charge is 2.16. The first kappa shape index (κ1) is 28.8. The molecular weight excluding hydrogens is 440 g/mol. The van der Waals surface area contributed by atoms with E-state index in [0.29, 0.717) is 5.39 Å². The molecule has 0 amide bonds. The Morgan fingerprint density at radius 2 is 1.12 bits per heavy atom. The fourth-order valence-corrected chi connectivity index (χ4v) is 5.69. The highest BCUT2D eigenvalue weighted by molar-refractivity contribution is 7.86. The van der Waals surface area contributed by atoms with Gasteiger partial charge in [-0.1, -0.05) is 122 Å². The lowest BCUT2D eigenvalue weighted by Gasteiger charge is -2.13. The van der Waals surface area contributed by atoms with E-state index in [2.05, 4.69) is 19.9 Å². The molecule has 4 heteroatoms. The molecule has 0 spiro atoms. The molecule has 192 valence electrons. The van der Waals surface area contributed by atoms with Gasteiger partial charge in [-0.15, -0.1) is 0 Å². The summed E-state index contributed by atoms with van der Waals surface area (Å²) in [5.74, 6) is 0. The molecule has 0 atom stereocenters. The summed E-state index contributed by atoms with van der Waals surface area (Å²) in [6, 6.07) is 9.57. The summed E-state index contributed by atoms with van der Waals surface area (Å²) in [4.78, 5) is 0.0416. The summed E-state index contributed by atoms with van der Waals surface area (Å²) in [6.07, 6.45) is 22.4. The van der Waals surface area contributed by atoms with Crippen molar-refractivity contribution in [2.45, 2.75) is 134 Å². The Labute approximate surface area is 209 Å². The van der Waals surface area contributed by atoms with Crippen LogP contribution in [-0.2, 0) is 23.0 Å². The Kier molecular flexibility index (Phi) is 13.8. The summed E-state index contributed by atoms with van der Waals surface area (Å²) < 4.78 is 33.9. The smallest absolute Gasteiger partial charge is 0.282 e. The lowest BCUT2D eigenvalue weighted by molar-refractivity contribution is 0.484. The van der Waals surface area contributed by atoms with Gasteiger partial charge in [0.15, 0.2) is 0 Å². The zero-order valence-corrected chi connectivity index (χ0v) is 22.6. The molecule has 0 aliphatic heterocycles. The van der Waals surface area contributed by atoms with E-state index in [9.17, 15) is 13.0 Å². The average molecular weight is 489 g/mol. The number of unbranched alkanes of at least 4 members (excludes halogenated alkanes) is 14. The molecule has 2 aromatic rings. The molecule has 2 rings (SSSR count). The quantitative estimate of drug-likeness (QED) is 0.158. The van der Waals surface area contributed by atoms with E-state index >= 15 is 0 Å². The molecule has 1 N–H and O–H groups in total. The maximum Gasteiger partial charge on any atom is 0.295 e. The van der Waals surface area contributed by atoms with Gasteiger partial charge in [-0.2, -0.15) is 8.42 Å². The Bertz CT molecular complexity index is 933. The van der Waals surface area contributed by atoms with Crippen LogP contribution in [0.5, 0.6) is 0 Å². The Balaban J connectivity index is 2.01. The molecule has 0 unspecified atom stereocenters. The highest BCUT2D eigenvalue weighted by atomic mass is 32.2. The number of benzene rings is 2. The van der Waals surface area contributed by atoms with Crippen molar-refractivity contribution in [2.75, 3.05) is 0 Å². The Morgan fingerprint density at radius 3 is 1.65 bits per heavy atom. The van der Waals surface area contributed by atoms with Gasteiger partial charge in [0.1, 0.15) is 4.90 Å². The molecule has 0 saturated carbocycles. The van der Waals surface area contributed by atoms with Gasteiger partial charge in [-0.25, -0.2) is 0 Å². The van der Waals surface area contributed by atoms with Crippen molar-refractivity contribution in [2.24, 2.45) is 0 Å². The maximum absolute atomic E-state index is 12.0. The van der Waals surface area contributed by atoms with Crippen LogP contribution >= 0.6 is 0 Å². The van der Waals surface area contributed by atoms with Gasteiger partial charge >= 0.3 is 0 Å². The predicted molar refractivity (Wildman–Crippen MR) is 146 cm³/mol. The van der Waals surface area contributed by atoms with E-state index in [1.807, 2.05) is 12.1 Å². The van der Waals surface area contributed by atoms with Crippen LogP contribution in [-0.4, -0.2) is 13.0 Å². The molecule has 0 aliphatic rings. The summed E-state index contributed by atoms with van der Waals surface area (Å²) in [6.45, 7) is 4.50. The summed E-state index contributed by atoms with van der Waals surface area (Å²) in [7, 11) is -4.24. The van der Waals surface area contributed by atoms with E-state index in [0.717, 1.165) is 31.1 Å². The third-order valence-corrected chi connectivity index (χ3v) is 7.91. The minimum Gasteiger partial charge on any atom is -0.282 e. The third-order valence-electron chi connectivity index (χ3n) is 7.00. The highest BCUT2D eigenvalue weighted by Crippen LogP contribution is 2.29. The monoisotopic (exact) mass is 488 g/mol. The van der Waals surface area contributed by atoms with Gasteiger partial charge in [0.05, 0.1) is 0 Å². The van der Waals surface area contributed by atoms with Crippen molar-refractivity contribution in [3.8, 4) is 0 Å². The fourth-order valence-electron chi connectivity index (χ4n) is 4.99. The van der Waals surface area contributed by atoms with Gasteiger partial charge < -0.3 is 0 Å². The third kappa shape index (κ3) is 10.5. The molecule has 0 saturated heterocycles. The van der Waals surface area contributed by atoms with Crippen molar-refractivity contribution < 1.29 is 13.0 Å². The van der Waals surface area contributed by atoms with Crippen LogP contribution in [0, 0.1) is 0 Å². The van der Waals surface area contributed by atoms with Gasteiger partial charge in [0, 0.05) is 5.39 Å². The zero-order valence-electron chi connectivity index (χ0n) is 21.8. The van der Waals surface area contributed by atoms with Crippen LogP contribution in [0.25, 0.3) is 10.8 Å². The number of fused-ring (bicyclic) bond motifs is 1. The lowest BCUT2D eigenvalue weighted by atomic mass is 9.94. The van der Waals surface area contributed by atoms with Crippen molar-refractivity contribution in [1.29, 1.82) is 0 Å². The molecule has 0 fully saturated rings. The van der Waals surface area contributed by atoms with Crippen LogP contribution in [0.15, 0.2) is 35.2 Å².